The summed E-state index contributed by atoms with van der Waals surface area (Å²) >= 11 is 6.26. The number of halogens is 1. The molecule has 0 bridgehead atoms. The Bertz CT molecular complexity index is 3840. The number of hydrogen-bond acceptors (Lipinski definition) is 16. The minimum absolute atomic E-state index is 0.00551. The van der Waals surface area contributed by atoms with Gasteiger partial charge in [-0.2, -0.15) is 0 Å². The maximum atomic E-state index is 15.1. The van der Waals surface area contributed by atoms with Crippen LogP contribution in [-0.2, 0) is 78.4 Å². The smallest absolute Gasteiger partial charge is 0.246 e. The number of carbonyl (C=O) groups excluding carboxylic acids is 11. The molecule has 554 valence electrons. The Hall–Kier alpha value is -10.9. The Labute approximate surface area is 601 Å². The van der Waals surface area contributed by atoms with Crippen molar-refractivity contribution in [1.29, 1.82) is 0 Å². The zero-order valence-electron chi connectivity index (χ0n) is 58.3. The molecule has 31 nitrogen and oxygen atoms in total. The summed E-state index contributed by atoms with van der Waals surface area (Å²) in [5.74, 6) is -9.96. The molecular formula is C71H95ClN18O13. The number of carbonyl (C=O) groups is 11. The Balaban J connectivity index is 1.27. The molecule has 11 amide bonds. The van der Waals surface area contributed by atoms with Crippen molar-refractivity contribution in [3.8, 4) is 5.75 Å². The first-order valence-electron chi connectivity index (χ1n) is 33.8. The number of phenols is 1. The number of aromatic nitrogens is 1. The number of phenolic OH excluding ortho intramolecular Hbond substituents is 1. The van der Waals surface area contributed by atoms with Gasteiger partial charge in [-0.25, -0.2) is 0 Å². The number of amides is 11. The second-order valence-electron chi connectivity index (χ2n) is 26.1. The normalized spacial score (nSPS) is 15.5. The third-order valence-corrected chi connectivity index (χ3v) is 17.3. The fourth-order valence-corrected chi connectivity index (χ4v) is 11.8. The predicted molar refractivity (Wildman–Crippen MR) is 386 cm³/mol. The Morgan fingerprint density at radius 3 is 1.72 bits per heavy atom. The minimum Gasteiger partial charge on any atom is -0.508 e. The predicted octanol–water partition coefficient (Wildman–Crippen LogP) is -0.721. The largest absolute Gasteiger partial charge is 0.508 e. The second kappa shape index (κ2) is 39.3. The van der Waals surface area contributed by atoms with E-state index in [1.54, 1.807) is 50.2 Å². The molecule has 0 unspecified atom stereocenters. The number of nitrogens with zero attached hydrogens (tertiary/aromatic N) is 4. The summed E-state index contributed by atoms with van der Waals surface area (Å²) in [5, 5.41) is 47.5. The number of pyridine rings is 1. The van der Waals surface area contributed by atoms with Crippen molar-refractivity contribution in [1.82, 2.24) is 57.7 Å². The van der Waals surface area contributed by atoms with Crippen LogP contribution in [0.25, 0.3) is 10.8 Å². The molecule has 0 aliphatic carbocycles. The van der Waals surface area contributed by atoms with Gasteiger partial charge in [0.05, 0.1) is 6.61 Å². The first-order valence-corrected chi connectivity index (χ1v) is 34.2. The maximum absolute atomic E-state index is 15.1. The first kappa shape index (κ1) is 81.0. The molecule has 103 heavy (non-hydrogen) atoms. The monoisotopic (exact) mass is 1440 g/mol. The molecule has 1 fully saturated rings. The fraction of sp³-hybridized carbons (Fsp3) is 0.437. The fourth-order valence-electron chi connectivity index (χ4n) is 11.6. The molecule has 1 aliphatic rings. The molecule has 4 aromatic carbocycles. The molecule has 1 aromatic heterocycles. The molecule has 21 N–H and O–H groups in total. The summed E-state index contributed by atoms with van der Waals surface area (Å²) in [4.78, 5) is 169. The van der Waals surface area contributed by atoms with E-state index in [0.717, 1.165) is 10.8 Å². The second-order valence-corrected chi connectivity index (χ2v) is 26.5. The van der Waals surface area contributed by atoms with Gasteiger partial charge in [0, 0.05) is 69.7 Å². The van der Waals surface area contributed by atoms with Gasteiger partial charge in [0.15, 0.2) is 11.9 Å². The maximum Gasteiger partial charge on any atom is 0.246 e. The Kier molecular flexibility index (Phi) is 30.9. The molecule has 10 atom stereocenters. The summed E-state index contributed by atoms with van der Waals surface area (Å²) in [6.07, 6.45) is 2.86. The highest BCUT2D eigenvalue weighted by atomic mass is 35.5. The van der Waals surface area contributed by atoms with Crippen molar-refractivity contribution >= 4 is 99.3 Å². The van der Waals surface area contributed by atoms with E-state index in [2.05, 4.69) is 62.8 Å². The number of primary amides is 1. The highest BCUT2D eigenvalue weighted by Crippen LogP contribution is 2.24. The van der Waals surface area contributed by atoms with Gasteiger partial charge in [-0.15, -0.1) is 0 Å². The van der Waals surface area contributed by atoms with Crippen molar-refractivity contribution in [3.63, 3.8) is 0 Å². The Morgan fingerprint density at radius 1 is 0.592 bits per heavy atom. The number of nitrogens with one attached hydrogen (secondary N) is 9. The van der Waals surface area contributed by atoms with Crippen LogP contribution < -0.4 is 76.5 Å². The zero-order valence-corrected chi connectivity index (χ0v) is 59.0. The lowest BCUT2D eigenvalue weighted by Crippen LogP contribution is -2.65. The summed E-state index contributed by atoms with van der Waals surface area (Å²) in [5.41, 5.74) is 27.9. The topological polar surface area (TPSA) is 507 Å². The van der Waals surface area contributed by atoms with Crippen molar-refractivity contribution < 1.29 is 63.0 Å². The van der Waals surface area contributed by atoms with E-state index < -0.39 is 132 Å². The zero-order chi connectivity index (χ0) is 75.5. The quantitative estimate of drug-likeness (QED) is 0.0132. The minimum atomic E-state index is -1.89. The van der Waals surface area contributed by atoms with E-state index in [-0.39, 0.29) is 107 Å². The number of aliphatic hydroxyl groups is 1. The van der Waals surface area contributed by atoms with Crippen LogP contribution in [0.5, 0.6) is 5.75 Å². The molecule has 32 heteroatoms. The van der Waals surface area contributed by atoms with E-state index in [9.17, 15) is 58.2 Å². The van der Waals surface area contributed by atoms with Crippen LogP contribution in [-0.4, -0.2) is 183 Å². The SMILES string of the molecule is CC(=O)N[C@H](Cc1ccc2ccccc2c1)C(=O)N[C@](C)(Cc1ccc(Cl)cc1)C(=O)N[C@H](Cc1cccnc1)C(=O)N[C@@H](CO)C(=O)N[C@@H](Cc1ccc(O)cc1)C(=O)N[C@H](CCCN=C(N)N)C(=O)N[C@@H](CC(C)C)C(=O)N[C@@H](CCCN=C(N)N)C(=O)N1CCC[C@H]1C(=O)N[C@H](C)C(N)=O. The Morgan fingerprint density at radius 2 is 1.12 bits per heavy atom. The van der Waals surface area contributed by atoms with Gasteiger partial charge in [-0.3, -0.25) is 67.7 Å². The highest BCUT2D eigenvalue weighted by molar-refractivity contribution is 6.30. The molecule has 0 saturated carbocycles. The van der Waals surface area contributed by atoms with Crippen molar-refractivity contribution in [2.75, 3.05) is 26.2 Å². The molecule has 1 aliphatic heterocycles. The number of aliphatic hydroxyl groups excluding tert-OH is 1. The van der Waals surface area contributed by atoms with E-state index in [0.29, 0.717) is 33.7 Å². The number of nitrogens with two attached hydrogens (primary N) is 5. The van der Waals surface area contributed by atoms with Gasteiger partial charge >= 0.3 is 0 Å². The van der Waals surface area contributed by atoms with Gasteiger partial charge in [-0.1, -0.05) is 98.2 Å². The summed E-state index contributed by atoms with van der Waals surface area (Å²) in [7, 11) is 0. The van der Waals surface area contributed by atoms with Crippen LogP contribution in [0.15, 0.2) is 126 Å². The van der Waals surface area contributed by atoms with Crippen LogP contribution in [0.3, 0.4) is 0 Å². The van der Waals surface area contributed by atoms with Gasteiger partial charge in [0.1, 0.15) is 65.7 Å². The van der Waals surface area contributed by atoms with Gasteiger partial charge in [0.25, 0.3) is 0 Å². The molecule has 5 aromatic rings. The number of rotatable bonds is 38. The summed E-state index contributed by atoms with van der Waals surface area (Å²) in [6.45, 7) is 6.71. The number of guanidine groups is 2. The molecular weight excluding hydrogens is 1350 g/mol. The van der Waals surface area contributed by atoms with Gasteiger partial charge in [0.2, 0.25) is 65.0 Å². The number of hydrogen-bond donors (Lipinski definition) is 16. The summed E-state index contributed by atoms with van der Waals surface area (Å²) < 4.78 is 0. The third-order valence-electron chi connectivity index (χ3n) is 17.0. The molecule has 0 spiro atoms. The van der Waals surface area contributed by atoms with Gasteiger partial charge in [-0.05, 0) is 128 Å². The van der Waals surface area contributed by atoms with Crippen molar-refractivity contribution in [2.45, 2.75) is 165 Å². The van der Waals surface area contributed by atoms with E-state index in [1.807, 2.05) is 42.5 Å². The van der Waals surface area contributed by atoms with E-state index >= 15 is 4.79 Å². The standard InChI is InChI=1S/C71H95ClN18O13/c1-40(2)32-53(61(96)84-52(16-10-30-80-70(76)77)67(102)90-31-11-17-58(90)66(101)81-41(3)59(73)94)85-60(95)51(15-9-29-79-69(74)75)83-62(97)54(34-43-21-26-50(93)27-22-43)86-64(99)57(39-91)87-63(98)55(36-46-12-8-28-78-38-46)88-68(103)71(5,37-44-19-24-49(72)25-20-44)89-65(100)56(82-42(4)92)35-45-18-23-47-13-6-7-14-48(47)33-45/h6-8,12-14,18-28,33,38,40-41,51-58,91,93H,9-11,15-17,29-32,34-37,39H2,1-5H3,(H2,73,94)(H,81,101)(H,82,92)(H,83,97)(H,84,96)(H,85,95)(H,86,99)(H,87,98)(H,88,103)(H,89,100)(H4,74,75,79)(H4,76,77,80)/t41-,51-,52+,53+,54+,55-,56-,57+,58+,71-/m1/s1. The van der Waals surface area contributed by atoms with Crippen LogP contribution in [0.4, 0.5) is 0 Å². The van der Waals surface area contributed by atoms with Crippen LogP contribution in [0.1, 0.15) is 102 Å². The summed E-state index contributed by atoms with van der Waals surface area (Å²) in [6, 6.07) is 16.0. The first-order chi connectivity index (χ1) is 48.9. The lowest BCUT2D eigenvalue weighted by molar-refractivity contribution is -0.142. The van der Waals surface area contributed by atoms with Crippen molar-refractivity contribution in [3.05, 3.63) is 143 Å². The van der Waals surface area contributed by atoms with Crippen LogP contribution in [0.2, 0.25) is 5.02 Å². The number of aliphatic imine (C=N–C) groups is 2. The molecule has 1 saturated heterocycles. The third kappa shape index (κ3) is 25.9. The van der Waals surface area contributed by atoms with Crippen LogP contribution in [0, 0.1) is 5.92 Å². The number of fused-ring (bicyclic) bond motifs is 1. The van der Waals surface area contributed by atoms with Crippen LogP contribution >= 0.6 is 11.6 Å². The number of aromatic hydroxyl groups is 1. The average molecular weight is 1440 g/mol. The van der Waals surface area contributed by atoms with Crippen molar-refractivity contribution in [2.24, 2.45) is 44.6 Å². The lowest BCUT2D eigenvalue weighted by Gasteiger charge is -2.33. The van der Waals surface area contributed by atoms with E-state index in [4.69, 9.17) is 40.3 Å². The molecule has 6 rings (SSSR count). The van der Waals surface area contributed by atoms with E-state index in [1.165, 1.54) is 62.3 Å². The lowest BCUT2D eigenvalue weighted by atomic mass is 9.90. The number of likely N-dealkylation sites (tertiary alicyclic amines) is 1. The molecule has 0 radical (unpaired) electrons. The van der Waals surface area contributed by atoms with Gasteiger partial charge < -0.3 is 91.6 Å². The average Bonchev–Trinajstić information content (AvgIpc) is 1.59. The number of benzene rings is 4. The highest BCUT2D eigenvalue weighted by Gasteiger charge is 2.42. The molecule has 2 heterocycles.